The highest BCUT2D eigenvalue weighted by atomic mass is 16.4. The minimum absolute atomic E-state index is 0.521. The molecule has 0 amide bonds. The van der Waals surface area contributed by atoms with E-state index in [1.807, 2.05) is 23.1 Å². The van der Waals surface area contributed by atoms with E-state index in [4.69, 9.17) is 4.42 Å². The third-order valence-electron chi connectivity index (χ3n) is 5.10. The summed E-state index contributed by atoms with van der Waals surface area (Å²) in [7, 11) is 0. The third-order valence-corrected chi connectivity index (χ3v) is 5.10. The first-order valence-corrected chi connectivity index (χ1v) is 8.44. The maximum atomic E-state index is 5.87. The predicted molar refractivity (Wildman–Crippen MR) is 82.7 cm³/mol. The van der Waals surface area contributed by atoms with Crippen LogP contribution in [0.5, 0.6) is 0 Å². The van der Waals surface area contributed by atoms with Crippen molar-refractivity contribution in [3.8, 4) is 0 Å². The minimum Gasteiger partial charge on any atom is -0.408 e. The van der Waals surface area contributed by atoms with Gasteiger partial charge >= 0.3 is 6.01 Å². The maximum Gasteiger partial charge on any atom is 0.318 e. The Balaban J connectivity index is 1.27. The van der Waals surface area contributed by atoms with E-state index in [1.54, 1.807) is 0 Å². The van der Waals surface area contributed by atoms with Crippen molar-refractivity contribution in [3.05, 3.63) is 24.4 Å². The summed E-state index contributed by atoms with van der Waals surface area (Å²) in [5.41, 5.74) is 0. The monoisotopic (exact) mass is 301 g/mol. The molecule has 22 heavy (non-hydrogen) atoms. The van der Waals surface area contributed by atoms with Crippen molar-refractivity contribution in [3.63, 3.8) is 0 Å². The number of anilines is 1. The summed E-state index contributed by atoms with van der Waals surface area (Å²) in [6, 6.07) is 2.71. The van der Waals surface area contributed by atoms with Crippen LogP contribution in [0.1, 0.15) is 50.3 Å². The van der Waals surface area contributed by atoms with Crippen molar-refractivity contribution in [2.45, 2.75) is 51.0 Å². The summed E-state index contributed by atoms with van der Waals surface area (Å²) in [6.07, 6.45) is 11.2. The van der Waals surface area contributed by atoms with Crippen molar-refractivity contribution in [1.82, 2.24) is 20.0 Å². The maximum absolute atomic E-state index is 5.87. The summed E-state index contributed by atoms with van der Waals surface area (Å²) >= 11 is 0. The molecule has 1 aliphatic carbocycles. The zero-order valence-corrected chi connectivity index (χ0v) is 12.9. The first-order valence-electron chi connectivity index (χ1n) is 8.44. The van der Waals surface area contributed by atoms with E-state index in [0.717, 1.165) is 37.5 Å². The lowest BCUT2D eigenvalue weighted by Crippen LogP contribution is -2.34. The highest BCUT2D eigenvalue weighted by Gasteiger charge is 2.27. The topological polar surface area (TPSA) is 60.0 Å². The highest BCUT2D eigenvalue weighted by Crippen LogP contribution is 2.36. The van der Waals surface area contributed by atoms with E-state index in [2.05, 4.69) is 20.2 Å². The molecule has 2 aliphatic rings. The van der Waals surface area contributed by atoms with Crippen LogP contribution in [0.3, 0.4) is 0 Å². The van der Waals surface area contributed by atoms with Crippen molar-refractivity contribution in [2.24, 2.45) is 5.92 Å². The lowest BCUT2D eigenvalue weighted by atomic mass is 9.85. The van der Waals surface area contributed by atoms with Gasteiger partial charge < -0.3 is 9.32 Å². The molecular weight excluding hydrogens is 278 g/mol. The van der Waals surface area contributed by atoms with Crippen molar-refractivity contribution >= 4 is 6.01 Å². The Labute approximate surface area is 130 Å². The fourth-order valence-electron chi connectivity index (χ4n) is 3.33. The number of aryl methyl sites for hydroxylation is 1. The molecule has 0 N–H and O–H groups in total. The number of rotatable bonds is 5. The van der Waals surface area contributed by atoms with E-state index >= 15 is 0 Å². The first kappa shape index (κ1) is 13.8. The second-order valence-corrected chi connectivity index (χ2v) is 6.54. The van der Waals surface area contributed by atoms with Gasteiger partial charge in [-0.15, -0.1) is 5.10 Å². The zero-order valence-electron chi connectivity index (χ0n) is 12.9. The Hall–Kier alpha value is -1.85. The molecule has 0 spiro atoms. The summed E-state index contributed by atoms with van der Waals surface area (Å²) in [6.45, 7) is 3.07. The van der Waals surface area contributed by atoms with Gasteiger partial charge in [-0.3, -0.25) is 4.68 Å². The fraction of sp³-hybridized carbons (Fsp3) is 0.688. The van der Waals surface area contributed by atoms with Crippen molar-refractivity contribution < 1.29 is 4.42 Å². The van der Waals surface area contributed by atoms with E-state index in [1.165, 1.54) is 38.5 Å². The Bertz CT molecular complexity index is 581. The molecule has 6 heteroatoms. The van der Waals surface area contributed by atoms with Gasteiger partial charge in [-0.1, -0.05) is 11.5 Å². The smallest absolute Gasteiger partial charge is 0.318 e. The molecule has 118 valence electrons. The molecule has 1 saturated heterocycles. The zero-order chi connectivity index (χ0) is 14.8. The molecule has 6 nitrogen and oxygen atoms in total. The Morgan fingerprint density at radius 2 is 2.00 bits per heavy atom. The predicted octanol–water partition coefficient (Wildman–Crippen LogP) is 2.84. The van der Waals surface area contributed by atoms with Crippen LogP contribution in [0.15, 0.2) is 22.9 Å². The van der Waals surface area contributed by atoms with Gasteiger partial charge in [-0.2, -0.15) is 5.10 Å². The van der Waals surface area contributed by atoms with Gasteiger partial charge in [0.15, 0.2) is 0 Å². The number of nitrogens with zero attached hydrogens (tertiary/aromatic N) is 5. The average molecular weight is 301 g/mol. The summed E-state index contributed by atoms with van der Waals surface area (Å²) in [5.74, 6) is 2.14. The van der Waals surface area contributed by atoms with Crippen LogP contribution in [-0.4, -0.2) is 33.1 Å². The van der Waals surface area contributed by atoms with Crippen LogP contribution < -0.4 is 4.90 Å². The van der Waals surface area contributed by atoms with Crippen LogP contribution >= 0.6 is 0 Å². The molecule has 2 aromatic rings. The number of hydrogen-bond donors (Lipinski definition) is 0. The molecule has 1 saturated carbocycles. The third kappa shape index (κ3) is 2.87. The van der Waals surface area contributed by atoms with Crippen LogP contribution in [0.2, 0.25) is 0 Å². The van der Waals surface area contributed by atoms with Crippen LogP contribution in [-0.2, 0) is 6.54 Å². The highest BCUT2D eigenvalue weighted by molar-refractivity contribution is 5.25. The first-order chi connectivity index (χ1) is 10.9. The molecule has 0 aromatic carbocycles. The van der Waals surface area contributed by atoms with Gasteiger partial charge in [-0.05, 0) is 44.1 Å². The molecule has 4 rings (SSSR count). The standard InChI is InChI=1S/C16H23N5O/c1-3-14(4-1)15-18-19-16(22-15)20-10-5-13(6-11-20)7-12-21-9-2-8-17-21/h2,8-9,13-14H,1,3-7,10-12H2. The number of piperidine rings is 1. The van der Waals surface area contributed by atoms with Crippen molar-refractivity contribution in [2.75, 3.05) is 18.0 Å². The van der Waals surface area contributed by atoms with Gasteiger partial charge in [-0.25, -0.2) is 0 Å². The SMILES string of the molecule is c1cnn(CCC2CCN(c3nnc(C4CCC4)o3)CC2)c1. The van der Waals surface area contributed by atoms with Gasteiger partial charge in [0.1, 0.15) is 0 Å². The van der Waals surface area contributed by atoms with Crippen LogP contribution in [0.25, 0.3) is 0 Å². The Morgan fingerprint density at radius 3 is 2.68 bits per heavy atom. The lowest BCUT2D eigenvalue weighted by molar-refractivity contribution is 0.321. The molecule has 2 fully saturated rings. The van der Waals surface area contributed by atoms with E-state index in [0.29, 0.717) is 5.92 Å². The molecule has 0 unspecified atom stereocenters. The Kier molecular flexibility index (Phi) is 3.83. The van der Waals surface area contributed by atoms with Gasteiger partial charge in [0, 0.05) is 37.9 Å². The van der Waals surface area contributed by atoms with E-state index < -0.39 is 0 Å². The fourth-order valence-corrected chi connectivity index (χ4v) is 3.33. The second-order valence-electron chi connectivity index (χ2n) is 6.54. The van der Waals surface area contributed by atoms with Crippen molar-refractivity contribution in [1.29, 1.82) is 0 Å². The summed E-state index contributed by atoms with van der Waals surface area (Å²) < 4.78 is 7.89. The molecule has 2 aromatic heterocycles. The summed E-state index contributed by atoms with van der Waals surface area (Å²) in [5, 5.41) is 12.8. The van der Waals surface area contributed by atoms with E-state index in [9.17, 15) is 0 Å². The lowest BCUT2D eigenvalue weighted by Gasteiger charge is -2.30. The number of hydrogen-bond acceptors (Lipinski definition) is 5. The van der Waals surface area contributed by atoms with Crippen LogP contribution in [0.4, 0.5) is 6.01 Å². The quantitative estimate of drug-likeness (QED) is 0.850. The normalized spacial score (nSPS) is 20.3. The molecule has 1 aliphatic heterocycles. The molecule has 3 heterocycles. The second kappa shape index (κ2) is 6.10. The summed E-state index contributed by atoms with van der Waals surface area (Å²) in [4.78, 5) is 2.25. The average Bonchev–Trinajstić information content (AvgIpc) is 3.15. The van der Waals surface area contributed by atoms with Gasteiger partial charge in [0.05, 0.1) is 0 Å². The molecule has 0 bridgehead atoms. The largest absolute Gasteiger partial charge is 0.408 e. The molecule has 0 radical (unpaired) electrons. The molecule has 0 atom stereocenters. The minimum atomic E-state index is 0.521. The molecular formula is C16H23N5O. The number of aromatic nitrogens is 4. The van der Waals surface area contributed by atoms with E-state index in [-0.39, 0.29) is 0 Å². The Morgan fingerprint density at radius 1 is 1.14 bits per heavy atom. The van der Waals surface area contributed by atoms with Crippen LogP contribution in [0, 0.1) is 5.92 Å². The van der Waals surface area contributed by atoms with Gasteiger partial charge in [0.2, 0.25) is 5.89 Å². The van der Waals surface area contributed by atoms with Gasteiger partial charge in [0.25, 0.3) is 0 Å².